The third kappa shape index (κ3) is 3.29. The van der Waals surface area contributed by atoms with Gasteiger partial charge in [0.05, 0.1) is 18.2 Å². The molecule has 6 heteroatoms. The molecule has 5 rings (SSSR count). The van der Waals surface area contributed by atoms with Crippen LogP contribution in [0.4, 0.5) is 0 Å². The van der Waals surface area contributed by atoms with Gasteiger partial charge in [-0.1, -0.05) is 0 Å². The lowest BCUT2D eigenvalue weighted by Gasteiger charge is -2.25. The Labute approximate surface area is 170 Å². The maximum Gasteiger partial charge on any atom is 0.315 e. The standard InChI is InChI=1S/C23H27N3O3/c1-26-16(11-24-10-13-5-6-13)7-15-8-18-14(9-20(15)26)3-2-4-17-21(18)25-12-19(22(17)27)23(28)29/h7-9,13,17,19,24H,2-6,10-12H2,1H3,(H,28,29). The van der Waals surface area contributed by atoms with Crippen LogP contribution in [0.3, 0.4) is 0 Å². The number of Topliss-reactive ketones (excluding diaryl/α,β-unsaturated/α-hetero) is 1. The van der Waals surface area contributed by atoms with Gasteiger partial charge in [-0.2, -0.15) is 0 Å². The smallest absolute Gasteiger partial charge is 0.315 e. The number of carboxylic acid groups (broad SMARTS) is 1. The van der Waals surface area contributed by atoms with Crippen molar-refractivity contribution >= 4 is 28.4 Å². The number of hydrogen-bond donors (Lipinski definition) is 2. The number of hydrogen-bond acceptors (Lipinski definition) is 4. The first-order valence-electron chi connectivity index (χ1n) is 10.7. The lowest BCUT2D eigenvalue weighted by atomic mass is 9.82. The summed E-state index contributed by atoms with van der Waals surface area (Å²) in [6, 6.07) is 6.63. The molecule has 2 unspecified atom stereocenters. The van der Waals surface area contributed by atoms with Crippen molar-refractivity contribution in [3.05, 3.63) is 35.0 Å². The van der Waals surface area contributed by atoms with Gasteiger partial charge >= 0.3 is 5.97 Å². The minimum absolute atomic E-state index is 0.0581. The fourth-order valence-electron chi connectivity index (χ4n) is 4.84. The average Bonchev–Trinajstić information content (AvgIpc) is 3.48. The third-order valence-corrected chi connectivity index (χ3v) is 6.78. The number of aliphatic carboxylic acids is 1. The van der Waals surface area contributed by atoms with Crippen LogP contribution in [-0.2, 0) is 29.6 Å². The Bertz CT molecular complexity index is 1030. The average molecular weight is 393 g/mol. The molecule has 0 bridgehead atoms. The summed E-state index contributed by atoms with van der Waals surface area (Å²) in [5, 5.41) is 14.1. The number of aryl methyl sites for hydroxylation is 2. The molecule has 0 spiro atoms. The molecule has 1 aliphatic heterocycles. The van der Waals surface area contributed by atoms with Gasteiger partial charge < -0.3 is 15.0 Å². The molecule has 1 aromatic carbocycles. The molecule has 1 fully saturated rings. The predicted molar refractivity (Wildman–Crippen MR) is 111 cm³/mol. The van der Waals surface area contributed by atoms with Crippen molar-refractivity contribution in [2.75, 3.05) is 13.1 Å². The monoisotopic (exact) mass is 393 g/mol. The molecule has 2 heterocycles. The Morgan fingerprint density at radius 2 is 2.10 bits per heavy atom. The molecular weight excluding hydrogens is 366 g/mol. The van der Waals surface area contributed by atoms with Crippen molar-refractivity contribution in [1.82, 2.24) is 9.88 Å². The van der Waals surface area contributed by atoms with Crippen molar-refractivity contribution in [2.24, 2.45) is 29.8 Å². The maximum absolute atomic E-state index is 12.8. The molecule has 3 aliphatic rings. The first kappa shape index (κ1) is 18.6. The first-order valence-corrected chi connectivity index (χ1v) is 10.7. The van der Waals surface area contributed by atoms with Gasteiger partial charge in [-0.3, -0.25) is 14.6 Å². The number of aromatic nitrogens is 1. The van der Waals surface area contributed by atoms with Crippen molar-refractivity contribution in [1.29, 1.82) is 0 Å². The summed E-state index contributed by atoms with van der Waals surface area (Å²) in [4.78, 5) is 28.8. The highest BCUT2D eigenvalue weighted by Gasteiger charge is 2.40. The van der Waals surface area contributed by atoms with Gasteiger partial charge in [-0.15, -0.1) is 0 Å². The number of carboxylic acids is 1. The van der Waals surface area contributed by atoms with Gasteiger partial charge in [-0.25, -0.2) is 0 Å². The number of fused-ring (bicyclic) bond motifs is 4. The summed E-state index contributed by atoms with van der Waals surface area (Å²) in [6.45, 7) is 2.00. The van der Waals surface area contributed by atoms with Gasteiger partial charge in [-0.05, 0) is 68.3 Å². The van der Waals surface area contributed by atoms with Gasteiger partial charge in [0.2, 0.25) is 0 Å². The number of ketones is 1. The van der Waals surface area contributed by atoms with Crippen LogP contribution in [-0.4, -0.2) is 40.2 Å². The Hall–Kier alpha value is -2.47. The molecule has 1 aromatic heterocycles. The minimum atomic E-state index is -1.05. The van der Waals surface area contributed by atoms with Crippen LogP contribution in [0.25, 0.3) is 10.9 Å². The van der Waals surface area contributed by atoms with E-state index in [9.17, 15) is 14.7 Å². The fraction of sp³-hybridized carbons (Fsp3) is 0.522. The minimum Gasteiger partial charge on any atom is -0.481 e. The summed E-state index contributed by atoms with van der Waals surface area (Å²) >= 11 is 0. The molecular formula is C23H27N3O3. The van der Waals surface area contributed by atoms with E-state index in [4.69, 9.17) is 0 Å². The highest BCUT2D eigenvalue weighted by Crippen LogP contribution is 2.34. The SMILES string of the molecule is Cn1c(CNCC2CC2)cc2cc3c(cc21)CCCC1C(=O)C(C(=O)O)CN=C31. The van der Waals surface area contributed by atoms with Gasteiger partial charge in [0.1, 0.15) is 5.92 Å². The number of nitrogens with one attached hydrogen (secondary N) is 1. The second kappa shape index (κ2) is 7.10. The van der Waals surface area contributed by atoms with Crippen molar-refractivity contribution < 1.29 is 14.7 Å². The molecule has 2 N–H and O–H groups in total. The van der Waals surface area contributed by atoms with E-state index in [1.54, 1.807) is 0 Å². The van der Waals surface area contributed by atoms with Crippen LogP contribution < -0.4 is 5.32 Å². The maximum atomic E-state index is 12.8. The van der Waals surface area contributed by atoms with E-state index in [1.165, 1.54) is 29.6 Å². The lowest BCUT2D eigenvalue weighted by molar-refractivity contribution is -0.146. The molecule has 0 saturated heterocycles. The molecule has 2 atom stereocenters. The normalized spacial score (nSPS) is 24.0. The predicted octanol–water partition coefficient (Wildman–Crippen LogP) is 2.70. The second-order valence-corrected chi connectivity index (χ2v) is 8.80. The van der Waals surface area contributed by atoms with E-state index in [0.29, 0.717) is 6.42 Å². The Morgan fingerprint density at radius 1 is 1.28 bits per heavy atom. The molecule has 2 aliphatic carbocycles. The molecule has 2 aromatic rings. The van der Waals surface area contributed by atoms with E-state index in [-0.39, 0.29) is 18.2 Å². The summed E-state index contributed by atoms with van der Waals surface area (Å²) in [5.41, 5.74) is 5.53. The highest BCUT2D eigenvalue weighted by atomic mass is 16.4. The molecule has 0 amide bonds. The molecule has 1 saturated carbocycles. The number of benzene rings is 1. The van der Waals surface area contributed by atoms with E-state index >= 15 is 0 Å². The topological polar surface area (TPSA) is 83.7 Å². The molecule has 29 heavy (non-hydrogen) atoms. The Morgan fingerprint density at radius 3 is 2.86 bits per heavy atom. The molecule has 0 radical (unpaired) electrons. The zero-order valence-corrected chi connectivity index (χ0v) is 16.8. The summed E-state index contributed by atoms with van der Waals surface area (Å²) < 4.78 is 2.26. The third-order valence-electron chi connectivity index (χ3n) is 6.78. The van der Waals surface area contributed by atoms with Gasteiger partial charge in [0.15, 0.2) is 5.78 Å². The van der Waals surface area contributed by atoms with Crippen LogP contribution in [0.2, 0.25) is 0 Å². The van der Waals surface area contributed by atoms with Crippen molar-refractivity contribution in [3.8, 4) is 0 Å². The van der Waals surface area contributed by atoms with E-state index in [2.05, 4.69) is 40.1 Å². The van der Waals surface area contributed by atoms with Gasteiger partial charge in [0.25, 0.3) is 0 Å². The fourth-order valence-corrected chi connectivity index (χ4v) is 4.84. The van der Waals surface area contributed by atoms with E-state index in [1.807, 2.05) is 0 Å². The van der Waals surface area contributed by atoms with Crippen molar-refractivity contribution in [2.45, 2.75) is 38.6 Å². The zero-order chi connectivity index (χ0) is 20.1. The second-order valence-electron chi connectivity index (χ2n) is 8.80. The van der Waals surface area contributed by atoms with Crippen molar-refractivity contribution in [3.63, 3.8) is 0 Å². The largest absolute Gasteiger partial charge is 0.481 e. The highest BCUT2D eigenvalue weighted by molar-refractivity contribution is 6.20. The van der Waals surface area contributed by atoms with E-state index in [0.717, 1.165) is 48.5 Å². The number of aliphatic imine (C=N–C) groups is 1. The van der Waals surface area contributed by atoms with Crippen LogP contribution in [0.1, 0.15) is 42.5 Å². The zero-order valence-electron chi connectivity index (χ0n) is 16.8. The first-order chi connectivity index (χ1) is 14.0. The number of rotatable bonds is 5. The lowest BCUT2D eigenvalue weighted by Crippen LogP contribution is -2.40. The molecule has 6 nitrogen and oxygen atoms in total. The number of nitrogens with zero attached hydrogens (tertiary/aromatic N) is 2. The van der Waals surface area contributed by atoms with Crippen LogP contribution in [0.5, 0.6) is 0 Å². The van der Waals surface area contributed by atoms with Crippen LogP contribution in [0, 0.1) is 17.8 Å². The molecule has 152 valence electrons. The number of carbonyl (C=O) groups is 2. The quantitative estimate of drug-likeness (QED) is 0.765. The van der Waals surface area contributed by atoms with E-state index < -0.39 is 11.9 Å². The number of carbonyl (C=O) groups excluding carboxylic acids is 1. The summed E-state index contributed by atoms with van der Waals surface area (Å²) in [6.07, 6.45) is 5.15. The van der Waals surface area contributed by atoms with Crippen LogP contribution >= 0.6 is 0 Å². The van der Waals surface area contributed by atoms with Crippen LogP contribution in [0.15, 0.2) is 23.2 Å². The Balaban J connectivity index is 1.51. The summed E-state index contributed by atoms with van der Waals surface area (Å²) in [7, 11) is 2.11. The summed E-state index contributed by atoms with van der Waals surface area (Å²) in [5.74, 6) is -1.74. The van der Waals surface area contributed by atoms with Gasteiger partial charge in [0, 0.05) is 35.8 Å². The Kier molecular flexibility index (Phi) is 4.54.